The highest BCUT2D eigenvalue weighted by Crippen LogP contribution is 2.50. The molecule has 1 aliphatic rings. The number of halogens is 1. The van der Waals surface area contributed by atoms with Gasteiger partial charge in [-0.25, -0.2) is 0 Å². The molecule has 0 saturated heterocycles. The number of hydrogen-bond acceptors (Lipinski definition) is 2. The summed E-state index contributed by atoms with van der Waals surface area (Å²) in [5.74, 6) is 0.491. The van der Waals surface area contributed by atoms with Crippen LogP contribution in [0.4, 0.5) is 0 Å². The van der Waals surface area contributed by atoms with Gasteiger partial charge in [-0.2, -0.15) is 5.26 Å². The zero-order valence-electron chi connectivity index (χ0n) is 16.4. The fraction of sp³-hybridized carbons (Fsp3) is 0.458. The van der Waals surface area contributed by atoms with Crippen LogP contribution in [0.5, 0.6) is 0 Å². The molecule has 2 aromatic carbocycles. The Balaban J connectivity index is 1.68. The predicted molar refractivity (Wildman–Crippen MR) is 113 cm³/mol. The Morgan fingerprint density at radius 3 is 2.33 bits per heavy atom. The van der Waals surface area contributed by atoms with Gasteiger partial charge in [-0.1, -0.05) is 54.1 Å². The van der Waals surface area contributed by atoms with Gasteiger partial charge in [-0.05, 0) is 75.3 Å². The molecule has 0 aliphatic heterocycles. The lowest BCUT2D eigenvalue weighted by atomic mass is 9.74. The van der Waals surface area contributed by atoms with Crippen LogP contribution in [0.25, 0.3) is 0 Å². The number of nitrogens with zero attached hydrogens (tertiary/aromatic N) is 2. The molecule has 142 valence electrons. The molecule has 0 bridgehead atoms. The molecule has 1 fully saturated rings. The van der Waals surface area contributed by atoms with Crippen LogP contribution in [0.1, 0.15) is 50.7 Å². The first-order valence-corrected chi connectivity index (χ1v) is 10.4. The summed E-state index contributed by atoms with van der Waals surface area (Å²) < 4.78 is 0. The minimum Gasteiger partial charge on any atom is -0.297 e. The Morgan fingerprint density at radius 2 is 1.78 bits per heavy atom. The summed E-state index contributed by atoms with van der Waals surface area (Å²) in [6.07, 6.45) is 4.26. The fourth-order valence-electron chi connectivity index (χ4n) is 4.02. The number of rotatable bonds is 9. The van der Waals surface area contributed by atoms with Gasteiger partial charge in [-0.15, -0.1) is 0 Å². The van der Waals surface area contributed by atoms with Crippen LogP contribution in [0, 0.1) is 17.2 Å². The van der Waals surface area contributed by atoms with Crippen molar-refractivity contribution in [3.05, 3.63) is 70.7 Å². The van der Waals surface area contributed by atoms with Crippen molar-refractivity contribution in [3.63, 3.8) is 0 Å². The van der Waals surface area contributed by atoms with Crippen molar-refractivity contribution in [1.29, 1.82) is 5.26 Å². The highest BCUT2D eigenvalue weighted by atomic mass is 35.5. The lowest BCUT2D eigenvalue weighted by Crippen LogP contribution is -2.33. The second kappa shape index (κ2) is 8.91. The minimum absolute atomic E-state index is 0.361. The Labute approximate surface area is 168 Å². The third-order valence-electron chi connectivity index (χ3n) is 5.81. The molecule has 2 aromatic rings. The van der Waals surface area contributed by atoms with Crippen LogP contribution in [0.15, 0.2) is 54.6 Å². The molecule has 0 aromatic heterocycles. The normalized spacial score (nSPS) is 16.3. The third-order valence-corrected chi connectivity index (χ3v) is 6.06. The minimum atomic E-state index is -0.361. The van der Waals surface area contributed by atoms with Gasteiger partial charge in [0.05, 0.1) is 11.5 Å². The first kappa shape index (κ1) is 19.9. The summed E-state index contributed by atoms with van der Waals surface area (Å²) in [6.45, 7) is 6.47. The van der Waals surface area contributed by atoms with E-state index in [9.17, 15) is 5.26 Å². The summed E-state index contributed by atoms with van der Waals surface area (Å²) in [7, 11) is 0. The second-order valence-electron chi connectivity index (χ2n) is 8.02. The van der Waals surface area contributed by atoms with Gasteiger partial charge in [0.2, 0.25) is 0 Å². The van der Waals surface area contributed by atoms with E-state index in [1.165, 1.54) is 5.56 Å². The molecule has 1 unspecified atom stereocenters. The molecule has 3 heteroatoms. The maximum Gasteiger partial charge on any atom is 0.0850 e. The van der Waals surface area contributed by atoms with Crippen molar-refractivity contribution in [1.82, 2.24) is 4.90 Å². The average Bonchev–Trinajstić information content (AvgIpc) is 3.52. The molecular formula is C24H29ClN2. The number of hydrogen-bond donors (Lipinski definition) is 0. The third kappa shape index (κ3) is 4.92. The van der Waals surface area contributed by atoms with Gasteiger partial charge in [0.25, 0.3) is 0 Å². The van der Waals surface area contributed by atoms with E-state index in [0.717, 1.165) is 49.4 Å². The SMILES string of the molecule is CC(C)N(CCCC(C#N)(c1ccc(Cl)cc1)C1CC1)Cc1ccccc1. The Hall–Kier alpha value is -1.82. The predicted octanol–water partition coefficient (Wildman–Crippen LogP) is 6.20. The van der Waals surface area contributed by atoms with Gasteiger partial charge in [0, 0.05) is 17.6 Å². The summed E-state index contributed by atoms with van der Waals surface area (Å²) in [4.78, 5) is 2.51. The monoisotopic (exact) mass is 380 g/mol. The Bertz CT molecular complexity index is 759. The zero-order chi connectivity index (χ0) is 19.3. The first-order valence-electron chi connectivity index (χ1n) is 10.0. The second-order valence-corrected chi connectivity index (χ2v) is 8.45. The summed E-state index contributed by atoms with van der Waals surface area (Å²) in [5.41, 5.74) is 2.12. The van der Waals surface area contributed by atoms with Gasteiger partial charge in [-0.3, -0.25) is 4.90 Å². The first-order chi connectivity index (χ1) is 13.0. The molecule has 1 aliphatic carbocycles. The molecule has 0 spiro atoms. The quantitative estimate of drug-likeness (QED) is 0.517. The Kier molecular flexibility index (Phi) is 6.58. The molecule has 0 heterocycles. The van der Waals surface area contributed by atoms with E-state index < -0.39 is 0 Å². The Morgan fingerprint density at radius 1 is 1.11 bits per heavy atom. The van der Waals surface area contributed by atoms with Gasteiger partial charge in [0.15, 0.2) is 0 Å². The zero-order valence-corrected chi connectivity index (χ0v) is 17.1. The van der Waals surface area contributed by atoms with Crippen molar-refractivity contribution in [2.45, 2.75) is 57.5 Å². The van der Waals surface area contributed by atoms with E-state index in [1.807, 2.05) is 24.3 Å². The van der Waals surface area contributed by atoms with Crippen molar-refractivity contribution in [2.24, 2.45) is 5.92 Å². The topological polar surface area (TPSA) is 27.0 Å². The van der Waals surface area contributed by atoms with Crippen LogP contribution in [0.2, 0.25) is 5.02 Å². The lowest BCUT2D eigenvalue weighted by molar-refractivity contribution is 0.202. The summed E-state index contributed by atoms with van der Waals surface area (Å²) >= 11 is 6.07. The van der Waals surface area contributed by atoms with E-state index in [0.29, 0.717) is 12.0 Å². The van der Waals surface area contributed by atoms with Gasteiger partial charge >= 0.3 is 0 Å². The average molecular weight is 381 g/mol. The van der Waals surface area contributed by atoms with Gasteiger partial charge < -0.3 is 0 Å². The van der Waals surface area contributed by atoms with Crippen LogP contribution >= 0.6 is 11.6 Å². The number of benzene rings is 2. The molecule has 1 atom stereocenters. The molecule has 0 amide bonds. The smallest absolute Gasteiger partial charge is 0.0850 e. The largest absolute Gasteiger partial charge is 0.297 e. The maximum atomic E-state index is 10.1. The summed E-state index contributed by atoms with van der Waals surface area (Å²) in [5, 5.41) is 10.9. The van der Waals surface area contributed by atoms with Crippen molar-refractivity contribution in [3.8, 4) is 6.07 Å². The highest BCUT2D eigenvalue weighted by molar-refractivity contribution is 6.30. The molecule has 3 rings (SSSR count). The fourth-order valence-corrected chi connectivity index (χ4v) is 4.14. The van der Waals surface area contributed by atoms with Crippen LogP contribution in [0.3, 0.4) is 0 Å². The van der Waals surface area contributed by atoms with Crippen LogP contribution in [-0.4, -0.2) is 17.5 Å². The van der Waals surface area contributed by atoms with E-state index >= 15 is 0 Å². The highest BCUT2D eigenvalue weighted by Gasteiger charge is 2.46. The van der Waals surface area contributed by atoms with E-state index in [2.05, 4.69) is 55.1 Å². The maximum absolute atomic E-state index is 10.1. The molecular weight excluding hydrogens is 352 g/mol. The summed E-state index contributed by atoms with van der Waals surface area (Å²) in [6, 6.07) is 21.8. The van der Waals surface area contributed by atoms with E-state index in [-0.39, 0.29) is 5.41 Å². The van der Waals surface area contributed by atoms with Crippen molar-refractivity contribution in [2.75, 3.05) is 6.54 Å². The van der Waals surface area contributed by atoms with E-state index in [1.54, 1.807) is 0 Å². The molecule has 27 heavy (non-hydrogen) atoms. The van der Waals surface area contributed by atoms with Crippen LogP contribution < -0.4 is 0 Å². The molecule has 0 N–H and O–H groups in total. The molecule has 2 nitrogen and oxygen atoms in total. The van der Waals surface area contributed by atoms with Crippen molar-refractivity contribution < 1.29 is 0 Å². The molecule has 1 saturated carbocycles. The standard InChI is InChI=1S/C24H29ClN2/c1-19(2)27(17-20-7-4-3-5-8-20)16-6-15-24(18-26,21-9-10-21)22-11-13-23(25)14-12-22/h3-5,7-8,11-14,19,21H,6,9-10,15-17H2,1-2H3. The molecule has 0 radical (unpaired) electrons. The van der Waals surface area contributed by atoms with Crippen LogP contribution in [-0.2, 0) is 12.0 Å². The van der Waals surface area contributed by atoms with E-state index in [4.69, 9.17) is 11.6 Å². The van der Waals surface area contributed by atoms with Gasteiger partial charge in [0.1, 0.15) is 0 Å². The van der Waals surface area contributed by atoms with Crippen molar-refractivity contribution >= 4 is 11.6 Å². The lowest BCUT2D eigenvalue weighted by Gasteiger charge is -2.31. The number of nitriles is 1.